The number of aryl methyl sites for hydroxylation is 1. The molecule has 1 aromatic carbocycles. The van der Waals surface area contributed by atoms with Gasteiger partial charge < -0.3 is 4.90 Å². The van der Waals surface area contributed by atoms with E-state index in [4.69, 9.17) is 0 Å². The van der Waals surface area contributed by atoms with E-state index in [1.807, 2.05) is 0 Å². The van der Waals surface area contributed by atoms with Gasteiger partial charge in [-0.2, -0.15) is 0 Å². The van der Waals surface area contributed by atoms with Crippen LogP contribution in [0.1, 0.15) is 42.9 Å². The van der Waals surface area contributed by atoms with E-state index in [1.165, 1.54) is 40.6 Å². The topological polar surface area (TPSA) is 46.1 Å². The van der Waals surface area contributed by atoms with Gasteiger partial charge in [-0.05, 0) is 43.2 Å². The summed E-state index contributed by atoms with van der Waals surface area (Å²) in [5.74, 6) is 0.707. The lowest BCUT2D eigenvalue weighted by molar-refractivity contribution is -0.131. The Morgan fingerprint density at radius 2 is 2.17 bits per heavy atom. The molecule has 0 bridgehead atoms. The van der Waals surface area contributed by atoms with Gasteiger partial charge in [0, 0.05) is 6.04 Å². The maximum Gasteiger partial charge on any atom is 0.233 e. The van der Waals surface area contributed by atoms with E-state index in [0.29, 0.717) is 11.8 Å². The van der Waals surface area contributed by atoms with Gasteiger partial charge in [-0.25, -0.2) is 0 Å². The predicted octanol–water partition coefficient (Wildman–Crippen LogP) is 3.70. The van der Waals surface area contributed by atoms with Crippen LogP contribution < -0.4 is 0 Å². The van der Waals surface area contributed by atoms with Crippen LogP contribution in [-0.4, -0.2) is 32.8 Å². The summed E-state index contributed by atoms with van der Waals surface area (Å²) in [4.78, 5) is 15.1. The summed E-state index contributed by atoms with van der Waals surface area (Å²) in [5, 5.41) is 7.85. The molecule has 0 aliphatic heterocycles. The summed E-state index contributed by atoms with van der Waals surface area (Å²) < 4.78 is 0.873. The molecule has 1 saturated carbocycles. The van der Waals surface area contributed by atoms with Crippen LogP contribution in [-0.2, 0) is 11.2 Å². The first kappa shape index (κ1) is 15.1. The Hall–Kier alpha value is -1.40. The lowest BCUT2D eigenvalue weighted by atomic mass is 9.86. The second-order valence-corrected chi connectivity index (χ2v) is 8.19. The third-order valence-corrected chi connectivity index (χ3v) is 6.41. The van der Waals surface area contributed by atoms with Crippen LogP contribution >= 0.6 is 23.1 Å². The van der Waals surface area contributed by atoms with Gasteiger partial charge >= 0.3 is 0 Å². The molecule has 6 heteroatoms. The van der Waals surface area contributed by atoms with E-state index in [-0.39, 0.29) is 11.9 Å². The van der Waals surface area contributed by atoms with Crippen molar-refractivity contribution in [3.8, 4) is 0 Å². The van der Waals surface area contributed by atoms with E-state index in [0.717, 1.165) is 30.0 Å². The normalized spacial score (nSPS) is 20.1. The number of amides is 1. The lowest BCUT2D eigenvalue weighted by Gasteiger charge is -2.36. The zero-order chi connectivity index (χ0) is 15.6. The smallest absolute Gasteiger partial charge is 0.233 e. The summed E-state index contributed by atoms with van der Waals surface area (Å²) in [7, 11) is 0. The first-order valence-corrected chi connectivity index (χ1v) is 9.97. The standard InChI is InChI=1S/C17H19N3OS2/c21-16(10-22-17-19-18-11-23-17)20(13-8-9-13)15-7-3-5-12-4-1-2-6-14(12)15/h1-2,4,6,11,13,15H,3,5,7-10H2. The van der Waals surface area contributed by atoms with Crippen LogP contribution in [0.15, 0.2) is 34.1 Å². The van der Waals surface area contributed by atoms with Crippen LogP contribution in [0.3, 0.4) is 0 Å². The van der Waals surface area contributed by atoms with Gasteiger partial charge in [-0.3, -0.25) is 4.79 Å². The number of nitrogens with zero attached hydrogens (tertiary/aromatic N) is 3. The number of thioether (sulfide) groups is 1. The van der Waals surface area contributed by atoms with E-state index >= 15 is 0 Å². The fraction of sp³-hybridized carbons (Fsp3) is 0.471. The molecular formula is C17H19N3OS2. The fourth-order valence-corrected chi connectivity index (χ4v) is 4.78. The van der Waals surface area contributed by atoms with Crippen molar-refractivity contribution in [2.75, 3.05) is 5.75 Å². The molecule has 1 atom stereocenters. The van der Waals surface area contributed by atoms with Crippen molar-refractivity contribution in [3.63, 3.8) is 0 Å². The molecule has 1 unspecified atom stereocenters. The second kappa shape index (κ2) is 6.61. The quantitative estimate of drug-likeness (QED) is 0.775. The minimum absolute atomic E-state index is 0.245. The highest BCUT2D eigenvalue weighted by Gasteiger charge is 2.39. The average molecular weight is 345 g/mol. The number of benzene rings is 1. The van der Waals surface area contributed by atoms with Crippen molar-refractivity contribution in [1.82, 2.24) is 15.1 Å². The predicted molar refractivity (Wildman–Crippen MR) is 92.6 cm³/mol. The molecule has 0 radical (unpaired) electrons. The van der Waals surface area contributed by atoms with Gasteiger partial charge in [0.15, 0.2) is 4.34 Å². The van der Waals surface area contributed by atoms with Gasteiger partial charge in [0.1, 0.15) is 5.51 Å². The highest BCUT2D eigenvalue weighted by atomic mass is 32.2. The Balaban J connectivity index is 1.53. The average Bonchev–Trinajstić information content (AvgIpc) is 3.27. The van der Waals surface area contributed by atoms with Crippen molar-refractivity contribution >= 4 is 29.0 Å². The van der Waals surface area contributed by atoms with E-state index < -0.39 is 0 Å². The Kier molecular flexibility index (Phi) is 4.35. The molecule has 1 heterocycles. The molecule has 120 valence electrons. The highest BCUT2D eigenvalue weighted by molar-refractivity contribution is 8.01. The van der Waals surface area contributed by atoms with Crippen molar-refractivity contribution in [1.29, 1.82) is 0 Å². The van der Waals surface area contributed by atoms with Crippen LogP contribution in [0.25, 0.3) is 0 Å². The second-order valence-electron chi connectivity index (χ2n) is 6.13. The van der Waals surface area contributed by atoms with E-state index in [2.05, 4.69) is 39.4 Å². The van der Waals surface area contributed by atoms with Gasteiger partial charge in [0.2, 0.25) is 5.91 Å². The first-order chi connectivity index (χ1) is 11.3. The minimum atomic E-state index is 0.245. The molecule has 0 saturated heterocycles. The van der Waals surface area contributed by atoms with Gasteiger partial charge in [-0.15, -0.1) is 10.2 Å². The Morgan fingerprint density at radius 3 is 2.96 bits per heavy atom. The largest absolute Gasteiger partial charge is 0.332 e. The minimum Gasteiger partial charge on any atom is -0.332 e. The maximum absolute atomic E-state index is 12.9. The van der Waals surface area contributed by atoms with Crippen molar-refractivity contribution in [3.05, 3.63) is 40.9 Å². The molecule has 1 fully saturated rings. The van der Waals surface area contributed by atoms with Crippen molar-refractivity contribution in [2.45, 2.75) is 48.5 Å². The zero-order valence-electron chi connectivity index (χ0n) is 12.9. The number of rotatable bonds is 5. The Labute approximate surface area is 144 Å². The third kappa shape index (κ3) is 3.28. The molecule has 4 rings (SSSR count). The fourth-order valence-electron chi connectivity index (χ4n) is 3.43. The van der Waals surface area contributed by atoms with Crippen LogP contribution in [0, 0.1) is 0 Å². The number of fused-ring (bicyclic) bond motifs is 1. The number of carbonyl (C=O) groups excluding carboxylic acids is 1. The van der Waals surface area contributed by atoms with Crippen LogP contribution in [0.4, 0.5) is 0 Å². The van der Waals surface area contributed by atoms with E-state index in [1.54, 1.807) is 5.51 Å². The van der Waals surface area contributed by atoms with Crippen molar-refractivity contribution in [2.24, 2.45) is 0 Å². The molecule has 2 aliphatic rings. The summed E-state index contributed by atoms with van der Waals surface area (Å²) in [5.41, 5.74) is 4.49. The third-order valence-electron chi connectivity index (χ3n) is 4.56. The monoisotopic (exact) mass is 345 g/mol. The maximum atomic E-state index is 12.9. The SMILES string of the molecule is O=C(CSc1nncs1)N(C1CC1)C1CCCc2ccccc21. The summed E-state index contributed by atoms with van der Waals surface area (Å²) >= 11 is 3.00. The first-order valence-electron chi connectivity index (χ1n) is 8.11. The molecule has 1 amide bonds. The number of hydrogen-bond acceptors (Lipinski definition) is 5. The zero-order valence-corrected chi connectivity index (χ0v) is 14.5. The highest BCUT2D eigenvalue weighted by Crippen LogP contribution is 2.41. The Bertz CT molecular complexity index is 685. The number of hydrogen-bond donors (Lipinski definition) is 0. The summed E-state index contributed by atoms with van der Waals surface area (Å²) in [6.45, 7) is 0. The number of aromatic nitrogens is 2. The van der Waals surface area contributed by atoms with Gasteiger partial charge in [0.05, 0.1) is 11.8 Å². The molecule has 0 spiro atoms. The molecule has 1 aromatic heterocycles. The summed E-state index contributed by atoms with van der Waals surface area (Å²) in [6, 6.07) is 9.33. The molecule has 0 N–H and O–H groups in total. The Morgan fingerprint density at radius 1 is 1.30 bits per heavy atom. The molecule has 23 heavy (non-hydrogen) atoms. The lowest BCUT2D eigenvalue weighted by Crippen LogP contribution is -2.39. The van der Waals surface area contributed by atoms with Gasteiger partial charge in [-0.1, -0.05) is 47.4 Å². The van der Waals surface area contributed by atoms with E-state index in [9.17, 15) is 4.79 Å². The summed E-state index contributed by atoms with van der Waals surface area (Å²) in [6.07, 6.45) is 5.69. The van der Waals surface area contributed by atoms with Crippen LogP contribution in [0.5, 0.6) is 0 Å². The van der Waals surface area contributed by atoms with Crippen LogP contribution in [0.2, 0.25) is 0 Å². The molecule has 2 aromatic rings. The molecule has 4 nitrogen and oxygen atoms in total. The molecule has 2 aliphatic carbocycles. The van der Waals surface area contributed by atoms with Crippen molar-refractivity contribution < 1.29 is 4.79 Å². The van der Waals surface area contributed by atoms with Gasteiger partial charge in [0.25, 0.3) is 0 Å². The molecular weight excluding hydrogens is 326 g/mol. The number of carbonyl (C=O) groups is 1.